The van der Waals surface area contributed by atoms with E-state index in [1.54, 1.807) is 4.90 Å². The predicted octanol–water partition coefficient (Wildman–Crippen LogP) is 3.29. The minimum Gasteiger partial charge on any atom is -0.375 e. The minimum atomic E-state index is -0.613. The van der Waals surface area contributed by atoms with Crippen molar-refractivity contribution in [1.82, 2.24) is 10.7 Å². The topological polar surface area (TPSA) is 65.7 Å². The number of benzene rings is 2. The van der Waals surface area contributed by atoms with E-state index in [0.29, 0.717) is 30.2 Å². The van der Waals surface area contributed by atoms with Gasteiger partial charge in [0, 0.05) is 42.3 Å². The van der Waals surface area contributed by atoms with Crippen molar-refractivity contribution in [2.24, 2.45) is 10.8 Å². The van der Waals surface area contributed by atoms with Gasteiger partial charge in [-0.3, -0.25) is 5.43 Å². The Kier molecular flexibility index (Phi) is 6.94. The molecule has 2 aromatic carbocycles. The number of nitrogens with two attached hydrogens (primary N) is 1. The third-order valence-electron chi connectivity index (χ3n) is 4.56. The van der Waals surface area contributed by atoms with Crippen molar-refractivity contribution in [3.05, 3.63) is 63.9 Å². The molecule has 0 aliphatic carbocycles. The van der Waals surface area contributed by atoms with Crippen molar-refractivity contribution in [1.29, 1.82) is 0 Å². The molecule has 4 N–H and O–H groups in total. The van der Waals surface area contributed by atoms with Gasteiger partial charge in [0.25, 0.3) is 0 Å². The van der Waals surface area contributed by atoms with Crippen LogP contribution in [0.4, 0.5) is 18.9 Å². The van der Waals surface area contributed by atoms with E-state index in [9.17, 15) is 13.2 Å². The molecular weight excluding hydrogens is 423 g/mol. The number of nitrogens with one attached hydrogen (secondary N) is 2. The van der Waals surface area contributed by atoms with Crippen LogP contribution < -0.4 is 21.4 Å². The number of halogens is 4. The standard InChI is InChI=1S/C19H19ClF3N5S/c20-15-2-1-13(21)5-11(15)8-25-14-3-4-28(10-14)18-7-16(22)12(6-17(18)23)9-26-27-19(24)29/h1-2,5-7,9,14,25H,3-4,8,10H2,(H3,24,27,29)/b26-9+/t14-/m0/s1. The number of hydrogen-bond acceptors (Lipinski definition) is 4. The van der Waals surface area contributed by atoms with Crippen LogP contribution in [0.15, 0.2) is 35.4 Å². The van der Waals surface area contributed by atoms with Crippen molar-refractivity contribution in [2.45, 2.75) is 19.0 Å². The lowest BCUT2D eigenvalue weighted by molar-refractivity contribution is 0.547. The molecule has 3 rings (SSSR count). The van der Waals surface area contributed by atoms with Gasteiger partial charge in [0.15, 0.2) is 5.11 Å². The molecule has 0 aromatic heterocycles. The molecule has 154 valence electrons. The van der Waals surface area contributed by atoms with Crippen LogP contribution in [-0.4, -0.2) is 30.5 Å². The van der Waals surface area contributed by atoms with Crippen LogP contribution in [-0.2, 0) is 6.54 Å². The second-order valence-electron chi connectivity index (χ2n) is 6.61. The van der Waals surface area contributed by atoms with Gasteiger partial charge in [-0.25, -0.2) is 13.2 Å². The summed E-state index contributed by atoms with van der Waals surface area (Å²) < 4.78 is 42.2. The third-order valence-corrected chi connectivity index (χ3v) is 5.02. The Morgan fingerprint density at radius 1 is 1.28 bits per heavy atom. The van der Waals surface area contributed by atoms with Gasteiger partial charge in [0.05, 0.1) is 11.9 Å². The number of hydrogen-bond donors (Lipinski definition) is 3. The Balaban J connectivity index is 1.63. The molecule has 0 saturated carbocycles. The SMILES string of the molecule is NC(=S)N/N=C/c1cc(F)c(N2CC[C@H](NCc3cc(F)ccc3Cl)C2)cc1F. The van der Waals surface area contributed by atoms with Gasteiger partial charge in [-0.05, 0) is 48.5 Å². The number of nitrogens with zero attached hydrogens (tertiary/aromatic N) is 2. The quantitative estimate of drug-likeness (QED) is 0.365. The normalized spacial score (nSPS) is 16.6. The number of anilines is 1. The molecule has 0 unspecified atom stereocenters. The molecule has 29 heavy (non-hydrogen) atoms. The van der Waals surface area contributed by atoms with Gasteiger partial charge in [-0.15, -0.1) is 0 Å². The van der Waals surface area contributed by atoms with Crippen LogP contribution in [0.1, 0.15) is 17.5 Å². The molecular formula is C19H19ClF3N5S. The number of thiocarbonyl (C=S) groups is 1. The van der Waals surface area contributed by atoms with E-state index < -0.39 is 11.6 Å². The average molecular weight is 442 g/mol. The summed E-state index contributed by atoms with van der Waals surface area (Å²) in [6.45, 7) is 1.43. The number of rotatable bonds is 6. The van der Waals surface area contributed by atoms with Gasteiger partial charge in [-0.1, -0.05) is 11.6 Å². The van der Waals surface area contributed by atoms with Crippen molar-refractivity contribution >= 4 is 40.8 Å². The van der Waals surface area contributed by atoms with Crippen molar-refractivity contribution in [3.63, 3.8) is 0 Å². The molecule has 1 atom stereocenters. The maximum Gasteiger partial charge on any atom is 0.184 e. The average Bonchev–Trinajstić information content (AvgIpc) is 3.13. The molecule has 0 spiro atoms. The Morgan fingerprint density at radius 2 is 2.07 bits per heavy atom. The zero-order valence-electron chi connectivity index (χ0n) is 15.3. The highest BCUT2D eigenvalue weighted by Gasteiger charge is 2.25. The summed E-state index contributed by atoms with van der Waals surface area (Å²) in [5, 5.41) is 7.33. The van der Waals surface area contributed by atoms with E-state index in [-0.39, 0.29) is 28.2 Å². The summed E-state index contributed by atoms with van der Waals surface area (Å²) in [6, 6.07) is 6.44. The van der Waals surface area contributed by atoms with Crippen LogP contribution in [0, 0.1) is 17.5 Å². The highest BCUT2D eigenvalue weighted by Crippen LogP contribution is 2.26. The first kappa shape index (κ1) is 21.4. The largest absolute Gasteiger partial charge is 0.375 e. The maximum atomic E-state index is 14.5. The van der Waals surface area contributed by atoms with Crippen LogP contribution >= 0.6 is 23.8 Å². The molecule has 1 aliphatic rings. The van der Waals surface area contributed by atoms with Crippen LogP contribution in [0.3, 0.4) is 0 Å². The lowest BCUT2D eigenvalue weighted by Crippen LogP contribution is -2.32. The highest BCUT2D eigenvalue weighted by atomic mass is 35.5. The summed E-state index contributed by atoms with van der Waals surface area (Å²) >= 11 is 10.7. The zero-order chi connectivity index (χ0) is 21.0. The van der Waals surface area contributed by atoms with Crippen molar-refractivity contribution in [2.75, 3.05) is 18.0 Å². The van der Waals surface area contributed by atoms with Gasteiger partial charge in [-0.2, -0.15) is 5.10 Å². The van der Waals surface area contributed by atoms with Crippen molar-refractivity contribution < 1.29 is 13.2 Å². The smallest absolute Gasteiger partial charge is 0.184 e. The summed E-state index contributed by atoms with van der Waals surface area (Å²) in [5.41, 5.74) is 8.31. The fraction of sp³-hybridized carbons (Fsp3) is 0.263. The molecule has 1 fully saturated rings. The molecule has 0 amide bonds. The summed E-state index contributed by atoms with van der Waals surface area (Å²) in [7, 11) is 0. The van der Waals surface area contributed by atoms with Crippen LogP contribution in [0.25, 0.3) is 0 Å². The summed E-state index contributed by atoms with van der Waals surface area (Å²) in [6.07, 6.45) is 1.84. The second-order valence-corrected chi connectivity index (χ2v) is 7.45. The van der Waals surface area contributed by atoms with E-state index in [4.69, 9.17) is 17.3 Å². The minimum absolute atomic E-state index is 0.0235. The van der Waals surface area contributed by atoms with Gasteiger partial charge in [0.2, 0.25) is 0 Å². The first-order valence-corrected chi connectivity index (χ1v) is 9.62. The lowest BCUT2D eigenvalue weighted by Gasteiger charge is -2.20. The molecule has 5 nitrogen and oxygen atoms in total. The predicted molar refractivity (Wildman–Crippen MR) is 113 cm³/mol. The molecule has 1 aliphatic heterocycles. The first-order chi connectivity index (χ1) is 13.8. The fourth-order valence-corrected chi connectivity index (χ4v) is 3.37. The Labute approximate surface area is 176 Å². The van der Waals surface area contributed by atoms with Gasteiger partial charge < -0.3 is 16.0 Å². The Morgan fingerprint density at radius 3 is 2.83 bits per heavy atom. The summed E-state index contributed by atoms with van der Waals surface area (Å²) in [4.78, 5) is 1.76. The monoisotopic (exact) mass is 441 g/mol. The second kappa shape index (κ2) is 9.43. The lowest BCUT2D eigenvalue weighted by atomic mass is 10.2. The molecule has 1 saturated heterocycles. The van der Waals surface area contributed by atoms with E-state index in [1.165, 1.54) is 18.2 Å². The van der Waals surface area contributed by atoms with E-state index in [1.807, 2.05) is 0 Å². The van der Waals surface area contributed by atoms with Gasteiger partial charge >= 0.3 is 0 Å². The van der Waals surface area contributed by atoms with E-state index in [2.05, 4.69) is 28.1 Å². The highest BCUT2D eigenvalue weighted by molar-refractivity contribution is 7.80. The van der Waals surface area contributed by atoms with Crippen LogP contribution in [0.2, 0.25) is 5.02 Å². The Bertz CT molecular complexity index is 940. The fourth-order valence-electron chi connectivity index (χ4n) is 3.14. The molecule has 1 heterocycles. The number of hydrazone groups is 1. The zero-order valence-corrected chi connectivity index (χ0v) is 16.8. The van der Waals surface area contributed by atoms with Crippen LogP contribution in [0.5, 0.6) is 0 Å². The van der Waals surface area contributed by atoms with E-state index in [0.717, 1.165) is 24.8 Å². The molecule has 0 radical (unpaired) electrons. The molecule has 2 aromatic rings. The maximum absolute atomic E-state index is 14.5. The molecule has 10 heteroatoms. The summed E-state index contributed by atoms with van der Waals surface area (Å²) in [5.74, 6) is -1.53. The molecule has 0 bridgehead atoms. The first-order valence-electron chi connectivity index (χ1n) is 8.83. The van der Waals surface area contributed by atoms with E-state index >= 15 is 0 Å². The van der Waals surface area contributed by atoms with Crippen molar-refractivity contribution in [3.8, 4) is 0 Å². The third kappa shape index (κ3) is 5.59. The Hall–Kier alpha value is -2.36. The van der Waals surface area contributed by atoms with Gasteiger partial charge in [0.1, 0.15) is 17.5 Å².